The number of aliphatic carboxylic acids is 1. The number of carbonyl (C=O) groups excluding carboxylic acids is 2. The number of nitrogens with zero attached hydrogens (tertiary/aromatic N) is 1. The summed E-state index contributed by atoms with van der Waals surface area (Å²) in [6.45, 7) is 3.35. The number of hydrogen-bond donors (Lipinski definition) is 2. The number of nitrogens with one attached hydrogen (secondary N) is 1. The molecule has 2 N–H and O–H groups in total. The fraction of sp³-hybridized carbons (Fsp3) is 0.471. The molecule has 0 radical (unpaired) electrons. The van der Waals surface area contributed by atoms with Gasteiger partial charge in [0.05, 0.1) is 18.0 Å². The number of carboxylic acids is 1. The number of non-ortho nitro benzene ring substituents is 1. The zero-order valence-corrected chi connectivity index (χ0v) is 15.0. The van der Waals surface area contributed by atoms with Crippen molar-refractivity contribution >= 4 is 23.5 Å². The van der Waals surface area contributed by atoms with Crippen LogP contribution in [0.5, 0.6) is 0 Å². The summed E-state index contributed by atoms with van der Waals surface area (Å²) in [7, 11) is 0. The van der Waals surface area contributed by atoms with Gasteiger partial charge in [-0.05, 0) is 19.4 Å². The van der Waals surface area contributed by atoms with E-state index >= 15 is 0 Å². The van der Waals surface area contributed by atoms with Crippen LogP contribution in [0.2, 0.25) is 0 Å². The molecule has 0 aliphatic heterocycles. The minimum atomic E-state index is -1.44. The quantitative estimate of drug-likeness (QED) is 0.330. The lowest BCUT2D eigenvalue weighted by atomic mass is 9.88. The molecule has 0 aliphatic carbocycles. The Morgan fingerprint density at radius 3 is 2.30 bits per heavy atom. The Balaban J connectivity index is 3.15. The number of nitro groups is 1. The van der Waals surface area contributed by atoms with E-state index < -0.39 is 34.7 Å². The van der Waals surface area contributed by atoms with Crippen LogP contribution in [0.4, 0.5) is 5.69 Å². The van der Waals surface area contributed by atoms with E-state index in [1.807, 2.05) is 0 Å². The molecular weight excluding hydrogens is 360 g/mol. The molecule has 0 fully saturated rings. The maximum Gasteiger partial charge on any atom is 0.326 e. The third-order valence-electron chi connectivity index (χ3n) is 3.65. The van der Waals surface area contributed by atoms with Gasteiger partial charge in [0.1, 0.15) is 12.6 Å². The Labute approximate surface area is 155 Å². The monoisotopic (exact) mass is 382 g/mol. The van der Waals surface area contributed by atoms with E-state index in [1.54, 1.807) is 13.8 Å². The topological polar surface area (TPSA) is 145 Å². The largest absolute Gasteiger partial charge is 0.480 e. The smallest absolute Gasteiger partial charge is 0.326 e. The lowest BCUT2D eigenvalue weighted by Gasteiger charge is -2.24. The molecule has 0 saturated carbocycles. The summed E-state index contributed by atoms with van der Waals surface area (Å²) in [6, 6.07) is 3.67. The molecule has 0 aliphatic rings. The minimum absolute atomic E-state index is 0.111. The molecule has 0 unspecified atom stereocenters. The van der Waals surface area contributed by atoms with Gasteiger partial charge in [0.15, 0.2) is 0 Å². The van der Waals surface area contributed by atoms with Gasteiger partial charge < -0.3 is 19.9 Å². The van der Waals surface area contributed by atoms with Gasteiger partial charge in [0, 0.05) is 24.7 Å². The molecule has 10 heteroatoms. The molecule has 1 aromatic carbocycles. The molecule has 1 aromatic rings. The van der Waals surface area contributed by atoms with Gasteiger partial charge in [0.25, 0.3) is 5.69 Å². The van der Waals surface area contributed by atoms with Crippen LogP contribution in [0.15, 0.2) is 24.3 Å². The summed E-state index contributed by atoms with van der Waals surface area (Å²) in [6.07, 6.45) is -0.322. The number of ether oxygens (including phenoxy) is 2. The van der Waals surface area contributed by atoms with Crippen molar-refractivity contribution in [3.63, 3.8) is 0 Å². The van der Waals surface area contributed by atoms with Gasteiger partial charge in [-0.25, -0.2) is 4.79 Å². The molecule has 0 heterocycles. The van der Waals surface area contributed by atoms with Crippen molar-refractivity contribution in [3.8, 4) is 0 Å². The first-order valence-corrected chi connectivity index (χ1v) is 8.30. The van der Waals surface area contributed by atoms with E-state index in [0.29, 0.717) is 5.56 Å². The molecule has 0 aromatic heterocycles. The second-order valence-corrected chi connectivity index (χ2v) is 5.48. The Hall–Kier alpha value is -3.01. The van der Waals surface area contributed by atoms with Crippen molar-refractivity contribution in [2.45, 2.75) is 32.2 Å². The van der Waals surface area contributed by atoms with Gasteiger partial charge in [-0.15, -0.1) is 0 Å². The van der Waals surface area contributed by atoms with Crippen molar-refractivity contribution in [1.82, 2.24) is 5.32 Å². The summed E-state index contributed by atoms with van der Waals surface area (Å²) >= 11 is 0. The average Bonchev–Trinajstić information content (AvgIpc) is 2.63. The molecule has 2 atom stereocenters. The van der Waals surface area contributed by atoms with Gasteiger partial charge in [-0.2, -0.15) is 0 Å². The average molecular weight is 382 g/mol. The molecule has 1 rings (SSSR count). The van der Waals surface area contributed by atoms with Crippen LogP contribution in [0.3, 0.4) is 0 Å². The van der Waals surface area contributed by atoms with Crippen LogP contribution in [-0.2, 0) is 23.9 Å². The van der Waals surface area contributed by atoms with Crippen molar-refractivity contribution in [1.29, 1.82) is 0 Å². The Kier molecular flexibility index (Phi) is 8.86. The first-order valence-electron chi connectivity index (χ1n) is 8.30. The molecule has 148 valence electrons. The normalized spacial score (nSPS) is 12.7. The van der Waals surface area contributed by atoms with E-state index in [1.165, 1.54) is 24.3 Å². The predicted molar refractivity (Wildman–Crippen MR) is 93.1 cm³/mol. The fourth-order valence-electron chi connectivity index (χ4n) is 2.42. The Morgan fingerprint density at radius 1 is 1.19 bits per heavy atom. The number of carboxylic acid groups (broad SMARTS) is 1. The van der Waals surface area contributed by atoms with E-state index in [-0.39, 0.29) is 31.9 Å². The highest BCUT2D eigenvalue weighted by Gasteiger charge is 2.33. The SMILES string of the molecule is CCOCC(=O)N[C@H](C(=O)O)[C@H](CC(=O)OCC)c1ccc([N+](=O)[O-])cc1. The van der Waals surface area contributed by atoms with E-state index in [4.69, 9.17) is 9.47 Å². The molecule has 0 saturated heterocycles. The van der Waals surface area contributed by atoms with Crippen LogP contribution >= 0.6 is 0 Å². The lowest BCUT2D eigenvalue weighted by molar-refractivity contribution is -0.384. The zero-order valence-electron chi connectivity index (χ0n) is 15.0. The van der Waals surface area contributed by atoms with Crippen LogP contribution in [0.1, 0.15) is 31.7 Å². The number of esters is 1. The highest BCUT2D eigenvalue weighted by Crippen LogP contribution is 2.27. The summed E-state index contributed by atoms with van der Waals surface area (Å²) in [5.74, 6) is -3.63. The first-order chi connectivity index (χ1) is 12.8. The number of benzene rings is 1. The summed E-state index contributed by atoms with van der Waals surface area (Å²) in [5, 5.41) is 22.7. The Bertz CT molecular complexity index is 674. The van der Waals surface area contributed by atoms with Gasteiger partial charge >= 0.3 is 11.9 Å². The van der Waals surface area contributed by atoms with Crippen LogP contribution < -0.4 is 5.32 Å². The maximum absolute atomic E-state index is 11.9. The van der Waals surface area contributed by atoms with Crippen molar-refractivity contribution in [3.05, 3.63) is 39.9 Å². The van der Waals surface area contributed by atoms with Crippen LogP contribution in [0, 0.1) is 10.1 Å². The fourth-order valence-corrected chi connectivity index (χ4v) is 2.42. The highest BCUT2D eigenvalue weighted by atomic mass is 16.6. The summed E-state index contributed by atoms with van der Waals surface area (Å²) in [4.78, 5) is 45.8. The molecular formula is C17H22N2O8. The summed E-state index contributed by atoms with van der Waals surface area (Å²) in [5.41, 5.74) is 0.165. The number of hydrogen-bond acceptors (Lipinski definition) is 7. The minimum Gasteiger partial charge on any atom is -0.480 e. The number of carbonyl (C=O) groups is 3. The molecule has 0 spiro atoms. The van der Waals surface area contributed by atoms with E-state index in [0.717, 1.165) is 0 Å². The third-order valence-corrected chi connectivity index (χ3v) is 3.65. The van der Waals surface area contributed by atoms with Crippen molar-refractivity contribution in [2.24, 2.45) is 0 Å². The lowest BCUT2D eigenvalue weighted by Crippen LogP contribution is -2.47. The van der Waals surface area contributed by atoms with E-state index in [2.05, 4.69) is 5.32 Å². The second kappa shape index (κ2) is 10.9. The van der Waals surface area contributed by atoms with Gasteiger partial charge in [-0.1, -0.05) is 12.1 Å². The maximum atomic E-state index is 11.9. The second-order valence-electron chi connectivity index (χ2n) is 5.48. The molecule has 1 amide bonds. The van der Waals surface area contributed by atoms with Crippen LogP contribution in [0.25, 0.3) is 0 Å². The van der Waals surface area contributed by atoms with Crippen molar-refractivity contribution < 1.29 is 33.9 Å². The molecule has 0 bridgehead atoms. The molecule has 10 nitrogen and oxygen atoms in total. The number of nitro benzene ring substituents is 1. The van der Waals surface area contributed by atoms with Gasteiger partial charge in [-0.3, -0.25) is 19.7 Å². The molecule has 27 heavy (non-hydrogen) atoms. The predicted octanol–water partition coefficient (Wildman–Crippen LogP) is 1.24. The number of rotatable bonds is 11. The highest BCUT2D eigenvalue weighted by molar-refractivity contribution is 5.86. The summed E-state index contributed by atoms with van der Waals surface area (Å²) < 4.78 is 9.83. The van der Waals surface area contributed by atoms with Crippen molar-refractivity contribution in [2.75, 3.05) is 19.8 Å². The standard InChI is InChI=1S/C17H22N2O8/c1-3-26-10-14(20)18-16(17(22)23)13(9-15(21)27-4-2)11-5-7-12(8-6-11)19(24)25/h5-8,13,16H,3-4,9-10H2,1-2H3,(H,18,20)(H,22,23)/t13-,16+/m1/s1. The van der Waals surface area contributed by atoms with Gasteiger partial charge in [0.2, 0.25) is 5.91 Å². The van der Waals surface area contributed by atoms with Crippen LogP contribution in [-0.4, -0.2) is 53.7 Å². The van der Waals surface area contributed by atoms with E-state index in [9.17, 15) is 29.6 Å². The Morgan fingerprint density at radius 2 is 1.81 bits per heavy atom. The number of amides is 1. The zero-order chi connectivity index (χ0) is 20.4. The first kappa shape index (κ1) is 22.0. The third kappa shape index (κ3) is 7.02.